The summed E-state index contributed by atoms with van der Waals surface area (Å²) in [7, 11) is 0. The van der Waals surface area contributed by atoms with E-state index in [0.29, 0.717) is 11.0 Å². The van der Waals surface area contributed by atoms with E-state index in [0.717, 1.165) is 10.8 Å². The summed E-state index contributed by atoms with van der Waals surface area (Å²) < 4.78 is 0. The molecular formula is C21H25N2O3Pt2-. The molecule has 2 aromatic heterocycles. The van der Waals surface area contributed by atoms with Gasteiger partial charge in [0.1, 0.15) is 22.5 Å². The molecule has 0 aliphatic carbocycles. The normalized spacial score (nSPS) is 8.00. The van der Waals surface area contributed by atoms with Crippen molar-refractivity contribution in [3.63, 3.8) is 0 Å². The van der Waals surface area contributed by atoms with Crippen LogP contribution in [-0.4, -0.2) is 25.7 Å². The number of fused-ring (bicyclic) bond motifs is 2. The molecule has 2 heterocycles. The van der Waals surface area contributed by atoms with E-state index >= 15 is 0 Å². The zero-order valence-electron chi connectivity index (χ0n) is 15.8. The number of benzene rings is 2. The minimum Gasteiger partial charge on any atom is -0.506 e. The third-order valence-corrected chi connectivity index (χ3v) is 3.22. The van der Waals surface area contributed by atoms with Crippen LogP contribution in [0.15, 0.2) is 73.1 Å². The van der Waals surface area contributed by atoms with E-state index in [4.69, 9.17) is 0 Å². The van der Waals surface area contributed by atoms with Crippen molar-refractivity contribution in [2.24, 2.45) is 0 Å². The molecule has 4 rings (SSSR count). The number of nitrogens with zero attached hydrogens (tertiary/aromatic N) is 2. The molecule has 0 fully saturated rings. The molecule has 5 nitrogen and oxygen atoms in total. The van der Waals surface area contributed by atoms with E-state index in [1.54, 1.807) is 36.7 Å². The van der Waals surface area contributed by atoms with Crippen LogP contribution >= 0.6 is 0 Å². The second-order valence-electron chi connectivity index (χ2n) is 4.70. The first kappa shape index (κ1) is 33.8. The number of para-hydroxylation sites is 2. The van der Waals surface area contributed by atoms with E-state index in [9.17, 15) is 10.2 Å². The Bertz CT molecular complexity index is 849. The number of phenols is 2. The van der Waals surface area contributed by atoms with E-state index in [-0.39, 0.29) is 81.4 Å². The average Bonchev–Trinajstić information content (AvgIpc) is 2.57. The monoisotopic (exact) mass is 743 g/mol. The molecule has 0 saturated heterocycles. The van der Waals surface area contributed by atoms with Crippen LogP contribution in [0.1, 0.15) is 0 Å². The first-order chi connectivity index (χ1) is 10.8. The quantitative estimate of drug-likeness (QED) is 0.261. The number of aromatic hydroxyl groups is 2. The van der Waals surface area contributed by atoms with Crippen molar-refractivity contribution < 1.29 is 57.8 Å². The van der Waals surface area contributed by atoms with E-state index < -0.39 is 0 Å². The molecule has 0 amide bonds. The van der Waals surface area contributed by atoms with Crippen LogP contribution in [0.5, 0.6) is 11.5 Å². The van der Waals surface area contributed by atoms with Crippen LogP contribution in [0.3, 0.4) is 0 Å². The van der Waals surface area contributed by atoms with Crippen LogP contribution in [0.2, 0.25) is 0 Å². The number of rotatable bonds is 0. The summed E-state index contributed by atoms with van der Waals surface area (Å²) in [4.78, 5) is 8.06. The Kier molecular flexibility index (Phi) is 19.5. The predicted molar refractivity (Wildman–Crippen MR) is 110 cm³/mol. The van der Waals surface area contributed by atoms with Gasteiger partial charge in [0, 0.05) is 44.2 Å². The minimum atomic E-state index is 0. The van der Waals surface area contributed by atoms with E-state index in [1.165, 1.54) is 0 Å². The van der Waals surface area contributed by atoms with Gasteiger partial charge in [0.15, 0.2) is 0 Å². The molecule has 0 bridgehead atoms. The standard InChI is InChI=1S/2C9H7NO.3CH3.H2O.2Pt/c2*11-8-5-1-3-7-4-2-6-10-9(7)8;;;;;;/h2*1-6,11H;3*1H3;1H2;;/q;;3*-1;;;+2. The molecule has 28 heavy (non-hydrogen) atoms. The second-order valence-corrected chi connectivity index (χ2v) is 4.70. The van der Waals surface area contributed by atoms with Gasteiger partial charge >= 0.3 is 21.1 Å². The summed E-state index contributed by atoms with van der Waals surface area (Å²) in [6, 6.07) is 18.3. The number of hydrogen-bond donors (Lipinski definition) is 2. The summed E-state index contributed by atoms with van der Waals surface area (Å²) in [5.74, 6) is 0.478. The second kappa shape index (κ2) is 16.2. The van der Waals surface area contributed by atoms with Crippen molar-refractivity contribution in [3.05, 3.63) is 95.3 Å². The summed E-state index contributed by atoms with van der Waals surface area (Å²) in [5, 5.41) is 20.5. The van der Waals surface area contributed by atoms with E-state index in [2.05, 4.69) is 9.97 Å². The van der Waals surface area contributed by atoms with Gasteiger partial charge in [0.25, 0.3) is 0 Å². The van der Waals surface area contributed by atoms with Crippen LogP contribution in [0.25, 0.3) is 21.8 Å². The van der Waals surface area contributed by atoms with Crippen LogP contribution in [0.4, 0.5) is 0 Å². The number of pyridine rings is 2. The molecule has 0 spiro atoms. The number of phenolic OH excluding ortho intramolecular Hbond substituents is 2. The summed E-state index contributed by atoms with van der Waals surface area (Å²) in [6.45, 7) is 0. The van der Waals surface area contributed by atoms with Gasteiger partial charge in [-0.2, -0.15) is 0 Å². The Morgan fingerprint density at radius 1 is 0.571 bits per heavy atom. The van der Waals surface area contributed by atoms with Crippen molar-refractivity contribution in [2.45, 2.75) is 0 Å². The Morgan fingerprint density at radius 2 is 0.893 bits per heavy atom. The molecule has 0 aliphatic rings. The molecule has 0 radical (unpaired) electrons. The van der Waals surface area contributed by atoms with Crippen molar-refractivity contribution in [1.82, 2.24) is 9.97 Å². The van der Waals surface area contributed by atoms with Crippen molar-refractivity contribution in [1.29, 1.82) is 0 Å². The SMILES string of the molecule is O.Oc1cccc2cccnc12.Oc1cccc2cccnc12.[CH3-].[CH3-].[CH3-].[Pt+2].[Pt]. The maximum atomic E-state index is 9.31. The van der Waals surface area contributed by atoms with Gasteiger partial charge in [-0.15, -0.1) is 0 Å². The van der Waals surface area contributed by atoms with Gasteiger partial charge < -0.3 is 38.0 Å². The fourth-order valence-electron chi connectivity index (χ4n) is 2.18. The zero-order valence-corrected chi connectivity index (χ0v) is 20.4. The first-order valence-corrected chi connectivity index (χ1v) is 6.81. The molecule has 0 aliphatic heterocycles. The fourth-order valence-corrected chi connectivity index (χ4v) is 2.18. The van der Waals surface area contributed by atoms with Gasteiger partial charge in [-0.1, -0.05) is 36.4 Å². The Balaban J connectivity index is -0.000000169. The molecule has 2 aromatic carbocycles. The van der Waals surface area contributed by atoms with Crippen molar-refractivity contribution >= 4 is 21.8 Å². The molecule has 0 saturated carbocycles. The zero-order chi connectivity index (χ0) is 15.4. The molecule has 7 heteroatoms. The third kappa shape index (κ3) is 8.06. The average molecular weight is 744 g/mol. The van der Waals surface area contributed by atoms with Gasteiger partial charge in [-0.05, 0) is 24.3 Å². The van der Waals surface area contributed by atoms with E-state index in [1.807, 2.05) is 36.4 Å². The first-order valence-electron chi connectivity index (χ1n) is 6.81. The van der Waals surface area contributed by atoms with Crippen LogP contribution in [0, 0.1) is 22.3 Å². The predicted octanol–water partition coefficient (Wildman–Crippen LogP) is 4.40. The van der Waals surface area contributed by atoms with Gasteiger partial charge in [-0.25, -0.2) is 0 Å². The van der Waals surface area contributed by atoms with Crippen molar-refractivity contribution in [3.8, 4) is 11.5 Å². The maximum Gasteiger partial charge on any atom is 2.00 e. The molecular weight excluding hydrogens is 718 g/mol. The van der Waals surface area contributed by atoms with Gasteiger partial charge in [0.05, 0.1) is 0 Å². The number of hydrogen-bond acceptors (Lipinski definition) is 4. The minimum absolute atomic E-state index is 0. The largest absolute Gasteiger partial charge is 2.00 e. The molecule has 4 N–H and O–H groups in total. The topological polar surface area (TPSA) is 97.7 Å². The van der Waals surface area contributed by atoms with Gasteiger partial charge in [-0.3, -0.25) is 9.97 Å². The summed E-state index contributed by atoms with van der Waals surface area (Å²) in [5.41, 5.74) is 1.32. The van der Waals surface area contributed by atoms with Crippen LogP contribution < -0.4 is 0 Å². The maximum absolute atomic E-state index is 9.31. The van der Waals surface area contributed by atoms with Gasteiger partial charge in [0.2, 0.25) is 0 Å². The van der Waals surface area contributed by atoms with Crippen molar-refractivity contribution in [2.75, 3.05) is 0 Å². The molecule has 0 unspecified atom stereocenters. The number of aromatic nitrogens is 2. The smallest absolute Gasteiger partial charge is 0.506 e. The van der Waals surface area contributed by atoms with Crippen LogP contribution in [-0.2, 0) is 42.1 Å². The molecule has 0 atom stereocenters. The Hall–Kier alpha value is -1.80. The molecule has 158 valence electrons. The molecule has 4 aromatic rings. The third-order valence-electron chi connectivity index (χ3n) is 3.22. The fraction of sp³-hybridized carbons (Fsp3) is 0. The summed E-state index contributed by atoms with van der Waals surface area (Å²) in [6.07, 6.45) is 3.34. The Morgan fingerprint density at radius 3 is 1.21 bits per heavy atom. The summed E-state index contributed by atoms with van der Waals surface area (Å²) >= 11 is 0. The Labute approximate surface area is 195 Å².